The van der Waals surface area contributed by atoms with Crippen LogP contribution in [0.3, 0.4) is 0 Å². The molecule has 0 saturated heterocycles. The number of nitrogens with one attached hydrogen (secondary N) is 2. The maximum atomic E-state index is 11.8. The van der Waals surface area contributed by atoms with Gasteiger partial charge < -0.3 is 10.6 Å². The molecule has 1 unspecified atom stereocenters. The number of carbonyl (C=O) groups is 1. The minimum absolute atomic E-state index is 0.00976. The number of hydrogen-bond donors (Lipinski definition) is 2. The van der Waals surface area contributed by atoms with Crippen LogP contribution in [0.15, 0.2) is 36.0 Å². The molecule has 3 heteroatoms. The van der Waals surface area contributed by atoms with E-state index in [1.165, 1.54) is 24.0 Å². The summed E-state index contributed by atoms with van der Waals surface area (Å²) in [4.78, 5) is 11.8. The zero-order valence-electron chi connectivity index (χ0n) is 12.6. The quantitative estimate of drug-likeness (QED) is 0.838. The van der Waals surface area contributed by atoms with Gasteiger partial charge in [-0.2, -0.15) is 0 Å². The molecule has 1 saturated carbocycles. The molecular formula is C17H24N2O. The normalized spacial score (nSPS) is 16.6. The van der Waals surface area contributed by atoms with Crippen LogP contribution in [0, 0.1) is 5.92 Å². The van der Waals surface area contributed by atoms with Gasteiger partial charge in [-0.25, -0.2) is 4.79 Å². The van der Waals surface area contributed by atoms with Gasteiger partial charge in [-0.3, -0.25) is 0 Å². The first-order valence-corrected chi connectivity index (χ1v) is 7.42. The maximum Gasteiger partial charge on any atom is 0.319 e. The van der Waals surface area contributed by atoms with Crippen molar-refractivity contribution in [2.24, 2.45) is 5.92 Å². The first-order valence-electron chi connectivity index (χ1n) is 7.42. The van der Waals surface area contributed by atoms with Gasteiger partial charge in [0.15, 0.2) is 0 Å². The van der Waals surface area contributed by atoms with Crippen molar-refractivity contribution in [2.75, 3.05) is 0 Å². The highest BCUT2D eigenvalue weighted by molar-refractivity contribution is 5.75. The lowest BCUT2D eigenvalue weighted by Crippen LogP contribution is -2.34. The smallest absolute Gasteiger partial charge is 0.319 e. The number of hydrogen-bond acceptors (Lipinski definition) is 1. The van der Waals surface area contributed by atoms with Gasteiger partial charge in [0.1, 0.15) is 0 Å². The van der Waals surface area contributed by atoms with Crippen LogP contribution in [0.25, 0.3) is 0 Å². The van der Waals surface area contributed by atoms with E-state index in [-0.39, 0.29) is 12.1 Å². The molecule has 0 radical (unpaired) electrons. The van der Waals surface area contributed by atoms with Gasteiger partial charge in [-0.15, -0.1) is 0 Å². The maximum absolute atomic E-state index is 11.8. The van der Waals surface area contributed by atoms with Crippen LogP contribution in [-0.4, -0.2) is 6.03 Å². The van der Waals surface area contributed by atoms with E-state index in [1.54, 1.807) is 0 Å². The fourth-order valence-electron chi connectivity index (χ4n) is 2.20. The Morgan fingerprint density at radius 2 is 2.00 bits per heavy atom. The molecule has 2 rings (SSSR count). The van der Waals surface area contributed by atoms with Gasteiger partial charge in [0.05, 0.1) is 6.04 Å². The lowest BCUT2D eigenvalue weighted by Gasteiger charge is -2.14. The minimum Gasteiger partial charge on any atom is -0.331 e. The van der Waals surface area contributed by atoms with E-state index in [4.69, 9.17) is 0 Å². The first kappa shape index (κ1) is 14.6. The molecule has 0 aromatic heterocycles. The molecule has 1 aliphatic carbocycles. The molecular weight excluding hydrogens is 248 g/mol. The summed E-state index contributed by atoms with van der Waals surface area (Å²) in [6.45, 7) is 6.21. The third kappa shape index (κ3) is 4.12. The van der Waals surface area contributed by atoms with Crippen LogP contribution < -0.4 is 10.6 Å². The highest BCUT2D eigenvalue weighted by Crippen LogP contribution is 2.35. The molecule has 1 aromatic carbocycles. The molecule has 108 valence electrons. The summed E-state index contributed by atoms with van der Waals surface area (Å²) in [5.41, 5.74) is 3.70. The van der Waals surface area contributed by atoms with Crippen LogP contribution >= 0.6 is 0 Å². The number of benzene rings is 1. The van der Waals surface area contributed by atoms with Gasteiger partial charge in [0.25, 0.3) is 0 Å². The van der Waals surface area contributed by atoms with Crippen molar-refractivity contribution in [3.63, 3.8) is 0 Å². The van der Waals surface area contributed by atoms with Crippen molar-refractivity contribution in [3.05, 3.63) is 47.2 Å². The number of urea groups is 1. The monoisotopic (exact) mass is 272 g/mol. The predicted molar refractivity (Wildman–Crippen MR) is 82.4 cm³/mol. The number of carbonyl (C=O) groups excluding carboxylic acids is 1. The molecule has 0 aliphatic heterocycles. The second-order valence-corrected chi connectivity index (χ2v) is 5.60. The summed E-state index contributed by atoms with van der Waals surface area (Å²) < 4.78 is 0. The van der Waals surface area contributed by atoms with Gasteiger partial charge >= 0.3 is 6.03 Å². The molecule has 0 heterocycles. The second-order valence-electron chi connectivity index (χ2n) is 5.60. The van der Waals surface area contributed by atoms with Gasteiger partial charge in [-0.05, 0) is 50.2 Å². The Balaban J connectivity index is 1.84. The topological polar surface area (TPSA) is 41.1 Å². The molecule has 2 amide bonds. The first-order chi connectivity index (χ1) is 9.60. The predicted octanol–water partition coefficient (Wildman–Crippen LogP) is 3.92. The largest absolute Gasteiger partial charge is 0.331 e. The standard InChI is InChI=1S/C17H24N2O/c1-4-14-5-7-16(8-6-14)13(3)19-17(20)18-11-12(2)15-9-10-15/h5-8,11,13,15H,4,9-10H2,1-3H3,(H2,18,19,20)/b12-11+. The lowest BCUT2D eigenvalue weighted by molar-refractivity contribution is 0.241. The molecule has 2 N–H and O–H groups in total. The van der Waals surface area contributed by atoms with Gasteiger partial charge in [0.2, 0.25) is 0 Å². The van der Waals surface area contributed by atoms with Crippen molar-refractivity contribution >= 4 is 6.03 Å². The zero-order valence-corrected chi connectivity index (χ0v) is 12.6. The summed E-state index contributed by atoms with van der Waals surface area (Å²) in [7, 11) is 0. The highest BCUT2D eigenvalue weighted by atomic mass is 16.2. The Kier molecular flexibility index (Phi) is 4.83. The third-order valence-corrected chi connectivity index (χ3v) is 3.89. The zero-order chi connectivity index (χ0) is 14.5. The average molecular weight is 272 g/mol. The van der Waals surface area contributed by atoms with E-state index in [9.17, 15) is 4.79 Å². The Bertz CT molecular complexity index is 486. The van der Waals surface area contributed by atoms with E-state index in [0.717, 1.165) is 12.0 Å². The summed E-state index contributed by atoms with van der Waals surface area (Å²) in [5.74, 6) is 0.689. The molecule has 1 fully saturated rings. The van der Waals surface area contributed by atoms with Gasteiger partial charge in [0, 0.05) is 6.20 Å². The molecule has 0 spiro atoms. The Morgan fingerprint density at radius 3 is 2.55 bits per heavy atom. The molecule has 3 nitrogen and oxygen atoms in total. The Morgan fingerprint density at radius 1 is 1.35 bits per heavy atom. The van der Waals surface area contributed by atoms with Crippen LogP contribution in [0.4, 0.5) is 4.79 Å². The van der Waals surface area contributed by atoms with Crippen LogP contribution in [0.2, 0.25) is 0 Å². The molecule has 1 aliphatic rings. The minimum atomic E-state index is -0.142. The van der Waals surface area contributed by atoms with E-state index >= 15 is 0 Å². The lowest BCUT2D eigenvalue weighted by atomic mass is 10.1. The SMILES string of the molecule is CCc1ccc(C(C)NC(=O)N/C=C(\C)C2CC2)cc1. The third-order valence-electron chi connectivity index (χ3n) is 3.89. The summed E-state index contributed by atoms with van der Waals surface area (Å²) in [6, 6.07) is 8.25. The van der Waals surface area contributed by atoms with Crippen molar-refractivity contribution in [1.29, 1.82) is 0 Å². The Hall–Kier alpha value is -1.77. The van der Waals surface area contributed by atoms with Crippen LogP contribution in [0.5, 0.6) is 0 Å². The van der Waals surface area contributed by atoms with Gasteiger partial charge in [-0.1, -0.05) is 36.8 Å². The fourth-order valence-corrected chi connectivity index (χ4v) is 2.20. The van der Waals surface area contributed by atoms with Crippen molar-refractivity contribution in [1.82, 2.24) is 10.6 Å². The average Bonchev–Trinajstić information content (AvgIpc) is 3.29. The molecule has 20 heavy (non-hydrogen) atoms. The van der Waals surface area contributed by atoms with E-state index in [1.807, 2.05) is 13.1 Å². The Labute approximate surface area is 121 Å². The highest BCUT2D eigenvalue weighted by Gasteiger charge is 2.22. The fraction of sp³-hybridized carbons (Fsp3) is 0.471. The van der Waals surface area contributed by atoms with Crippen molar-refractivity contribution in [2.45, 2.75) is 46.1 Å². The summed E-state index contributed by atoms with van der Waals surface area (Å²) in [6.07, 6.45) is 5.38. The van der Waals surface area contributed by atoms with Crippen LogP contribution in [0.1, 0.15) is 50.8 Å². The van der Waals surface area contributed by atoms with Crippen molar-refractivity contribution in [3.8, 4) is 0 Å². The van der Waals surface area contributed by atoms with E-state index in [0.29, 0.717) is 5.92 Å². The number of rotatable bonds is 5. The molecule has 1 atom stereocenters. The van der Waals surface area contributed by atoms with Crippen LogP contribution in [-0.2, 0) is 6.42 Å². The number of allylic oxidation sites excluding steroid dienone is 1. The summed E-state index contributed by atoms with van der Waals surface area (Å²) in [5, 5.41) is 5.77. The molecule has 1 aromatic rings. The van der Waals surface area contributed by atoms with Crippen molar-refractivity contribution < 1.29 is 4.79 Å². The molecule has 0 bridgehead atoms. The number of amides is 2. The number of aryl methyl sites for hydroxylation is 1. The van der Waals surface area contributed by atoms with E-state index < -0.39 is 0 Å². The second kappa shape index (κ2) is 6.60. The van der Waals surface area contributed by atoms with E-state index in [2.05, 4.69) is 48.7 Å². The summed E-state index contributed by atoms with van der Waals surface area (Å²) >= 11 is 0.